The lowest BCUT2D eigenvalue weighted by molar-refractivity contribution is -0.135. The Morgan fingerprint density at radius 3 is 2.39 bits per heavy atom. The summed E-state index contributed by atoms with van der Waals surface area (Å²) in [6, 6.07) is 0.283. The number of amides is 2. The summed E-state index contributed by atoms with van der Waals surface area (Å²) in [5.41, 5.74) is 5.41. The molecule has 176 valence electrons. The van der Waals surface area contributed by atoms with Crippen LogP contribution < -0.4 is 16.4 Å². The van der Waals surface area contributed by atoms with Crippen molar-refractivity contribution in [3.63, 3.8) is 0 Å². The molecular formula is C23H42N6O2. The summed E-state index contributed by atoms with van der Waals surface area (Å²) in [4.78, 5) is 32.9. The van der Waals surface area contributed by atoms with Gasteiger partial charge in [0.2, 0.25) is 11.8 Å². The van der Waals surface area contributed by atoms with Gasteiger partial charge in [0, 0.05) is 44.6 Å². The molecule has 3 fully saturated rings. The molecule has 0 bridgehead atoms. The largest absolute Gasteiger partial charge is 0.369 e. The number of primary amides is 1. The molecule has 2 saturated heterocycles. The molecule has 31 heavy (non-hydrogen) atoms. The van der Waals surface area contributed by atoms with Crippen LogP contribution in [0.4, 0.5) is 0 Å². The predicted octanol–water partition coefficient (Wildman–Crippen LogP) is 1.31. The summed E-state index contributed by atoms with van der Waals surface area (Å²) in [6.45, 7) is 5.55. The van der Waals surface area contributed by atoms with Gasteiger partial charge >= 0.3 is 0 Å². The van der Waals surface area contributed by atoms with Crippen LogP contribution in [0.25, 0.3) is 0 Å². The fraction of sp³-hybridized carbons (Fsp3) is 0.870. The van der Waals surface area contributed by atoms with Gasteiger partial charge in [-0.15, -0.1) is 0 Å². The third-order valence-electron chi connectivity index (χ3n) is 7.20. The maximum atomic E-state index is 12.8. The van der Waals surface area contributed by atoms with Crippen molar-refractivity contribution < 1.29 is 9.59 Å². The first-order valence-electron chi connectivity index (χ1n) is 12.3. The first-order valence-corrected chi connectivity index (χ1v) is 12.3. The molecule has 2 amide bonds. The van der Waals surface area contributed by atoms with Crippen molar-refractivity contribution in [1.29, 1.82) is 0 Å². The molecule has 1 saturated carbocycles. The summed E-state index contributed by atoms with van der Waals surface area (Å²) in [6.07, 6.45) is 10.8. The van der Waals surface area contributed by atoms with Gasteiger partial charge in [0.25, 0.3) is 0 Å². The average molecular weight is 435 g/mol. The van der Waals surface area contributed by atoms with E-state index in [9.17, 15) is 9.59 Å². The van der Waals surface area contributed by atoms with E-state index in [4.69, 9.17) is 5.73 Å². The summed E-state index contributed by atoms with van der Waals surface area (Å²) in [7, 11) is 1.80. The number of piperidine rings is 1. The second-order valence-corrected chi connectivity index (χ2v) is 9.47. The Balaban J connectivity index is 1.27. The van der Waals surface area contributed by atoms with Crippen LogP contribution in [0, 0.1) is 11.8 Å². The molecule has 0 aromatic carbocycles. The number of unbranched alkanes of at least 4 members (excludes halogenated alkanes) is 1. The van der Waals surface area contributed by atoms with Crippen molar-refractivity contribution in [3.05, 3.63) is 0 Å². The normalized spacial score (nSPS) is 24.4. The molecular weight excluding hydrogens is 392 g/mol. The number of nitrogens with one attached hydrogen (secondary N) is 2. The molecule has 4 N–H and O–H groups in total. The zero-order chi connectivity index (χ0) is 22.1. The minimum Gasteiger partial charge on any atom is -0.369 e. The Bertz CT molecular complexity index is 611. The number of guanidine groups is 1. The third-order valence-corrected chi connectivity index (χ3v) is 7.20. The van der Waals surface area contributed by atoms with Crippen LogP contribution in [0.2, 0.25) is 0 Å². The Labute approximate surface area is 187 Å². The zero-order valence-electron chi connectivity index (χ0n) is 19.3. The van der Waals surface area contributed by atoms with Crippen molar-refractivity contribution in [2.45, 2.75) is 70.3 Å². The first-order chi connectivity index (χ1) is 15.1. The van der Waals surface area contributed by atoms with Crippen molar-refractivity contribution in [2.75, 3.05) is 46.3 Å². The summed E-state index contributed by atoms with van der Waals surface area (Å²) >= 11 is 0. The maximum absolute atomic E-state index is 12.8. The van der Waals surface area contributed by atoms with Gasteiger partial charge in [-0.1, -0.05) is 19.3 Å². The van der Waals surface area contributed by atoms with Crippen molar-refractivity contribution in [2.24, 2.45) is 22.6 Å². The van der Waals surface area contributed by atoms with Crippen LogP contribution in [-0.4, -0.2) is 79.9 Å². The standard InChI is InChI=1S/C23H42N6O2/c1-25-23(26-12-5-6-13-28-14-9-18(10-15-28)21(24)30)27-20-11-16-29(17-20)22(31)19-7-3-2-4-8-19/h18-20H,2-17H2,1H3,(H2,24,30)(H2,25,26,27). The van der Waals surface area contributed by atoms with E-state index in [1.54, 1.807) is 7.05 Å². The van der Waals surface area contributed by atoms with Gasteiger partial charge < -0.3 is 26.2 Å². The van der Waals surface area contributed by atoms with Crippen LogP contribution in [0.15, 0.2) is 4.99 Å². The predicted molar refractivity (Wildman–Crippen MR) is 124 cm³/mol. The molecule has 0 spiro atoms. The zero-order valence-corrected chi connectivity index (χ0v) is 19.3. The molecule has 3 aliphatic rings. The molecule has 0 aromatic heterocycles. The number of hydrogen-bond acceptors (Lipinski definition) is 4. The molecule has 8 nitrogen and oxygen atoms in total. The molecule has 2 heterocycles. The Morgan fingerprint density at radius 1 is 0.968 bits per heavy atom. The number of nitrogens with two attached hydrogens (primary N) is 1. The second-order valence-electron chi connectivity index (χ2n) is 9.47. The summed E-state index contributed by atoms with van der Waals surface area (Å²) in [5.74, 6) is 1.38. The lowest BCUT2D eigenvalue weighted by atomic mass is 9.88. The van der Waals surface area contributed by atoms with Crippen LogP contribution in [-0.2, 0) is 9.59 Å². The minimum atomic E-state index is -0.147. The quantitative estimate of drug-likeness (QED) is 0.304. The van der Waals surface area contributed by atoms with Crippen molar-refractivity contribution >= 4 is 17.8 Å². The lowest BCUT2D eigenvalue weighted by Crippen LogP contribution is -2.45. The van der Waals surface area contributed by atoms with Gasteiger partial charge in [0.15, 0.2) is 5.96 Å². The highest BCUT2D eigenvalue weighted by atomic mass is 16.2. The molecule has 0 radical (unpaired) electrons. The molecule has 1 atom stereocenters. The van der Waals surface area contributed by atoms with E-state index in [1.165, 1.54) is 19.3 Å². The van der Waals surface area contributed by atoms with Crippen molar-refractivity contribution in [1.82, 2.24) is 20.4 Å². The number of hydrogen-bond donors (Lipinski definition) is 3. The monoisotopic (exact) mass is 434 g/mol. The molecule has 0 aromatic rings. The SMILES string of the molecule is CN=C(NCCCCN1CCC(C(N)=O)CC1)NC1CCN(C(=O)C2CCCCC2)C1. The van der Waals surface area contributed by atoms with Gasteiger partial charge in [0.1, 0.15) is 0 Å². The molecule has 8 heteroatoms. The van der Waals surface area contributed by atoms with Gasteiger partial charge in [-0.05, 0) is 64.6 Å². The van der Waals surface area contributed by atoms with Gasteiger partial charge in [-0.3, -0.25) is 14.6 Å². The average Bonchev–Trinajstić information content (AvgIpc) is 3.27. The second kappa shape index (κ2) is 12.3. The van der Waals surface area contributed by atoms with Crippen LogP contribution in [0.1, 0.15) is 64.2 Å². The maximum Gasteiger partial charge on any atom is 0.225 e. The van der Waals surface area contributed by atoms with Gasteiger partial charge in [-0.25, -0.2) is 0 Å². The van der Waals surface area contributed by atoms with E-state index in [0.717, 1.165) is 90.2 Å². The number of rotatable bonds is 8. The van der Waals surface area contributed by atoms with Gasteiger partial charge in [-0.2, -0.15) is 0 Å². The van der Waals surface area contributed by atoms with E-state index >= 15 is 0 Å². The van der Waals surface area contributed by atoms with Crippen LogP contribution in [0.3, 0.4) is 0 Å². The minimum absolute atomic E-state index is 0.0665. The number of nitrogens with zero attached hydrogens (tertiary/aromatic N) is 3. The van der Waals surface area contributed by atoms with Gasteiger partial charge in [0.05, 0.1) is 0 Å². The highest BCUT2D eigenvalue weighted by Gasteiger charge is 2.31. The third kappa shape index (κ3) is 7.37. The highest BCUT2D eigenvalue weighted by molar-refractivity contribution is 5.81. The first kappa shape index (κ1) is 23.8. The fourth-order valence-corrected chi connectivity index (χ4v) is 5.18. The number of carbonyl (C=O) groups excluding carboxylic acids is 2. The Morgan fingerprint density at radius 2 is 1.71 bits per heavy atom. The highest BCUT2D eigenvalue weighted by Crippen LogP contribution is 2.26. The number of aliphatic imine (C=N–C) groups is 1. The molecule has 1 unspecified atom stereocenters. The van der Waals surface area contributed by atoms with E-state index in [1.807, 2.05) is 0 Å². The van der Waals surface area contributed by atoms with E-state index < -0.39 is 0 Å². The smallest absolute Gasteiger partial charge is 0.225 e. The topological polar surface area (TPSA) is 103 Å². The summed E-state index contributed by atoms with van der Waals surface area (Å²) < 4.78 is 0. The van der Waals surface area contributed by atoms with Crippen LogP contribution >= 0.6 is 0 Å². The van der Waals surface area contributed by atoms with E-state index in [-0.39, 0.29) is 23.8 Å². The van der Waals surface area contributed by atoms with Crippen LogP contribution in [0.5, 0.6) is 0 Å². The van der Waals surface area contributed by atoms with E-state index in [2.05, 4.69) is 25.4 Å². The molecule has 2 aliphatic heterocycles. The lowest BCUT2D eigenvalue weighted by Gasteiger charge is -2.30. The summed E-state index contributed by atoms with van der Waals surface area (Å²) in [5, 5.41) is 6.92. The van der Waals surface area contributed by atoms with E-state index in [0.29, 0.717) is 5.91 Å². The number of likely N-dealkylation sites (tertiary alicyclic amines) is 2. The molecule has 3 rings (SSSR count). The number of carbonyl (C=O) groups is 2. The fourth-order valence-electron chi connectivity index (χ4n) is 5.18. The van der Waals surface area contributed by atoms with Crippen molar-refractivity contribution in [3.8, 4) is 0 Å². The Kier molecular flexibility index (Phi) is 9.43. The Hall–Kier alpha value is -1.83. The molecule has 1 aliphatic carbocycles.